The van der Waals surface area contributed by atoms with Crippen LogP contribution < -0.4 is 5.32 Å². The largest absolute Gasteiger partial charge is 0.391 e. The van der Waals surface area contributed by atoms with E-state index in [1.54, 1.807) is 30.3 Å². The number of nitrogens with one attached hydrogen (secondary N) is 1. The Labute approximate surface area is 188 Å². The highest BCUT2D eigenvalue weighted by Crippen LogP contribution is 2.31. The van der Waals surface area contributed by atoms with Crippen molar-refractivity contribution >= 4 is 34.4 Å². The van der Waals surface area contributed by atoms with Gasteiger partial charge < -0.3 is 19.8 Å². The number of β-amino-alcohol motifs (C(OH)–C–C–N with tert-alkyl or cyclic N) is 1. The van der Waals surface area contributed by atoms with Gasteiger partial charge in [-0.05, 0) is 46.2 Å². The fourth-order valence-electron chi connectivity index (χ4n) is 3.64. The molecule has 1 saturated heterocycles. The van der Waals surface area contributed by atoms with Gasteiger partial charge in [0, 0.05) is 25.6 Å². The number of aliphatic hydroxyl groups excluding tert-OH is 1. The summed E-state index contributed by atoms with van der Waals surface area (Å²) in [5.41, 5.74) is 1.39. The van der Waals surface area contributed by atoms with E-state index in [-0.39, 0.29) is 37.2 Å². The van der Waals surface area contributed by atoms with E-state index in [0.29, 0.717) is 15.0 Å². The van der Waals surface area contributed by atoms with Crippen LogP contribution >= 0.6 is 22.6 Å². The van der Waals surface area contributed by atoms with Crippen LogP contribution in [0.3, 0.4) is 0 Å². The zero-order valence-corrected chi connectivity index (χ0v) is 18.9. The van der Waals surface area contributed by atoms with E-state index >= 15 is 0 Å². The molecule has 3 atom stereocenters. The van der Waals surface area contributed by atoms with Gasteiger partial charge in [0.1, 0.15) is 15.7 Å². The summed E-state index contributed by atoms with van der Waals surface area (Å²) < 4.78 is 5.98. The fraction of sp³-hybridized carbons (Fsp3) is 0.429. The molecule has 9 heteroatoms. The smallest absolute Gasteiger partial charge is 0.243 e. The molecule has 0 radical (unpaired) electrons. The van der Waals surface area contributed by atoms with E-state index in [4.69, 9.17) is 9.78 Å². The number of hydrogen-bond acceptors (Lipinski definition) is 6. The minimum atomic E-state index is -0.762. The van der Waals surface area contributed by atoms with Crippen LogP contribution in [0.5, 0.6) is 0 Å². The molecule has 1 aliphatic rings. The van der Waals surface area contributed by atoms with Gasteiger partial charge in [0.2, 0.25) is 11.8 Å². The van der Waals surface area contributed by atoms with Crippen LogP contribution in [-0.2, 0) is 16.1 Å². The third-order valence-corrected chi connectivity index (χ3v) is 5.66. The van der Waals surface area contributed by atoms with Gasteiger partial charge in [-0.25, -0.2) is 0 Å². The molecular formula is C21H23IN4O4. The number of nitriles is 1. The molecule has 0 spiro atoms. The van der Waals surface area contributed by atoms with Crippen molar-refractivity contribution in [2.45, 2.75) is 44.9 Å². The predicted molar refractivity (Wildman–Crippen MR) is 116 cm³/mol. The van der Waals surface area contributed by atoms with Gasteiger partial charge in [-0.15, -0.1) is 0 Å². The lowest BCUT2D eigenvalue weighted by Gasteiger charge is -2.28. The summed E-state index contributed by atoms with van der Waals surface area (Å²) in [5.74, 6) is -0.773. The molecular weight excluding hydrogens is 499 g/mol. The van der Waals surface area contributed by atoms with Gasteiger partial charge in [-0.1, -0.05) is 31.1 Å². The predicted octanol–water partition coefficient (Wildman–Crippen LogP) is 2.17. The van der Waals surface area contributed by atoms with Crippen LogP contribution in [0.25, 0.3) is 0 Å². The van der Waals surface area contributed by atoms with Crippen molar-refractivity contribution in [1.82, 2.24) is 15.4 Å². The molecule has 1 aromatic heterocycles. The van der Waals surface area contributed by atoms with Crippen LogP contribution in [0.4, 0.5) is 0 Å². The molecule has 2 aromatic rings. The number of aromatic nitrogens is 1. The van der Waals surface area contributed by atoms with Crippen molar-refractivity contribution < 1.29 is 19.2 Å². The Kier molecular flexibility index (Phi) is 7.10. The van der Waals surface area contributed by atoms with Gasteiger partial charge in [0.05, 0.1) is 17.7 Å². The highest BCUT2D eigenvalue weighted by Gasteiger charge is 2.43. The van der Waals surface area contributed by atoms with Crippen molar-refractivity contribution in [2.75, 3.05) is 6.54 Å². The molecule has 3 rings (SSSR count). The Balaban J connectivity index is 1.72. The van der Waals surface area contributed by atoms with E-state index in [2.05, 4.69) is 10.5 Å². The first-order chi connectivity index (χ1) is 14.3. The Hall–Kier alpha value is -2.45. The Morgan fingerprint density at radius 3 is 2.67 bits per heavy atom. The van der Waals surface area contributed by atoms with E-state index in [1.165, 1.54) is 4.90 Å². The molecule has 2 amide bonds. The van der Waals surface area contributed by atoms with Gasteiger partial charge >= 0.3 is 0 Å². The third kappa shape index (κ3) is 4.99. The second-order valence-corrected chi connectivity index (χ2v) is 8.80. The van der Waals surface area contributed by atoms with Gasteiger partial charge in [-0.3, -0.25) is 9.59 Å². The minimum absolute atomic E-state index is 0.0682. The molecule has 1 aliphatic heterocycles. The Morgan fingerprint density at radius 2 is 2.10 bits per heavy atom. The van der Waals surface area contributed by atoms with Crippen molar-refractivity contribution in [3.63, 3.8) is 0 Å². The number of aliphatic hydroxyl groups is 1. The lowest BCUT2D eigenvalue weighted by Crippen LogP contribution is -2.48. The average molecular weight is 522 g/mol. The van der Waals surface area contributed by atoms with Crippen LogP contribution in [-0.4, -0.2) is 45.7 Å². The van der Waals surface area contributed by atoms with E-state index in [1.807, 2.05) is 42.5 Å². The average Bonchev–Trinajstić information content (AvgIpc) is 3.32. The second kappa shape index (κ2) is 9.57. The number of carbonyl (C=O) groups is 2. The van der Waals surface area contributed by atoms with E-state index in [9.17, 15) is 14.7 Å². The summed E-state index contributed by atoms with van der Waals surface area (Å²) in [6.45, 7) is 4.18. The summed E-state index contributed by atoms with van der Waals surface area (Å²) in [5, 5.41) is 25.7. The zero-order chi connectivity index (χ0) is 21.8. The third-order valence-electron chi connectivity index (χ3n) is 5.15. The number of likely N-dealkylation sites (tertiary alicyclic amines) is 1. The van der Waals surface area contributed by atoms with Crippen LogP contribution in [0.2, 0.25) is 0 Å². The van der Waals surface area contributed by atoms with Crippen LogP contribution in [0.15, 0.2) is 34.9 Å². The summed E-state index contributed by atoms with van der Waals surface area (Å²) in [6.07, 6.45) is -0.578. The minimum Gasteiger partial charge on any atom is -0.391 e. The summed E-state index contributed by atoms with van der Waals surface area (Å²) >= 11 is 2.02. The van der Waals surface area contributed by atoms with E-state index < -0.39 is 18.1 Å². The molecule has 30 heavy (non-hydrogen) atoms. The number of carbonyl (C=O) groups excluding carboxylic acids is 2. The molecule has 1 aromatic carbocycles. The summed E-state index contributed by atoms with van der Waals surface area (Å²) in [7, 11) is 0. The molecule has 2 heterocycles. The maximum absolute atomic E-state index is 13.3. The first kappa shape index (κ1) is 22.2. The topological polar surface area (TPSA) is 119 Å². The summed E-state index contributed by atoms with van der Waals surface area (Å²) in [6, 6.07) is 9.92. The molecule has 3 unspecified atom stereocenters. The van der Waals surface area contributed by atoms with Crippen LogP contribution in [0.1, 0.15) is 43.1 Å². The zero-order valence-electron chi connectivity index (χ0n) is 16.7. The SMILES string of the molecule is CC(C)C(C(=O)N1CC(O)CC1C(=O)NCc1ccc(C#N)cc1)c1cc(I)no1. The quantitative estimate of drug-likeness (QED) is 0.562. The van der Waals surface area contributed by atoms with Crippen molar-refractivity contribution in [3.8, 4) is 6.07 Å². The number of hydrogen-bond donors (Lipinski definition) is 2. The monoisotopic (exact) mass is 522 g/mol. The number of benzene rings is 1. The molecule has 158 valence electrons. The van der Waals surface area contributed by atoms with Crippen LogP contribution in [0, 0.1) is 20.9 Å². The lowest BCUT2D eigenvalue weighted by molar-refractivity contribution is -0.141. The van der Waals surface area contributed by atoms with Crippen molar-refractivity contribution in [3.05, 3.63) is 50.9 Å². The molecule has 0 saturated carbocycles. The number of nitrogens with zero attached hydrogens (tertiary/aromatic N) is 3. The first-order valence-corrected chi connectivity index (χ1v) is 10.8. The standard InChI is InChI=1S/C21H23IN4O4/c1-12(2)19(17-8-18(22)25-30-17)21(29)26-11-15(27)7-16(26)20(28)24-10-14-5-3-13(9-23)4-6-14/h3-6,8,12,15-16,19,27H,7,10-11H2,1-2H3,(H,24,28). The van der Waals surface area contributed by atoms with Gasteiger partial charge in [0.25, 0.3) is 0 Å². The second-order valence-electron chi connectivity index (χ2n) is 7.70. The van der Waals surface area contributed by atoms with E-state index in [0.717, 1.165) is 5.56 Å². The number of amides is 2. The number of rotatable bonds is 6. The normalized spacial score (nSPS) is 19.5. The molecule has 0 bridgehead atoms. The van der Waals surface area contributed by atoms with Crippen molar-refractivity contribution in [1.29, 1.82) is 5.26 Å². The van der Waals surface area contributed by atoms with Gasteiger partial charge in [0.15, 0.2) is 5.76 Å². The number of halogens is 1. The highest BCUT2D eigenvalue weighted by molar-refractivity contribution is 14.1. The maximum Gasteiger partial charge on any atom is 0.243 e. The fourth-order valence-corrected chi connectivity index (χ4v) is 4.04. The van der Waals surface area contributed by atoms with Crippen molar-refractivity contribution in [2.24, 2.45) is 5.92 Å². The Bertz CT molecular complexity index is 951. The maximum atomic E-state index is 13.3. The molecule has 0 aliphatic carbocycles. The lowest BCUT2D eigenvalue weighted by atomic mass is 9.91. The Morgan fingerprint density at radius 1 is 1.40 bits per heavy atom. The molecule has 8 nitrogen and oxygen atoms in total. The van der Waals surface area contributed by atoms with Gasteiger partial charge in [-0.2, -0.15) is 5.26 Å². The molecule has 1 fully saturated rings. The first-order valence-electron chi connectivity index (χ1n) is 9.67. The summed E-state index contributed by atoms with van der Waals surface area (Å²) in [4.78, 5) is 27.6. The molecule has 2 N–H and O–H groups in total. The highest BCUT2D eigenvalue weighted by atomic mass is 127.